The molecule has 0 amide bonds. The summed E-state index contributed by atoms with van der Waals surface area (Å²) in [4.78, 5) is 21.2. The van der Waals surface area contributed by atoms with Gasteiger partial charge in [-0.25, -0.2) is 0 Å². The topological polar surface area (TPSA) is 63.6 Å². The second-order valence-electron chi connectivity index (χ2n) is 3.17. The van der Waals surface area contributed by atoms with Gasteiger partial charge in [0.05, 0.1) is 6.42 Å². The molecule has 0 saturated carbocycles. The molecule has 0 rings (SSSR count). The van der Waals surface area contributed by atoms with E-state index in [1.165, 1.54) is 6.92 Å². The molecule has 0 aromatic heterocycles. The second-order valence-corrected chi connectivity index (χ2v) is 3.17. The number of hydrogen-bond acceptors (Lipinski definition) is 3. The maximum Gasteiger partial charge on any atom is 0.303 e. The molecule has 80 valence electrons. The molecule has 14 heavy (non-hydrogen) atoms. The number of carboxylic acid groups (broad SMARTS) is 1. The molecule has 0 saturated heterocycles. The van der Waals surface area contributed by atoms with E-state index < -0.39 is 18.0 Å². The fourth-order valence-corrected chi connectivity index (χ4v) is 1.12. The quantitative estimate of drug-likeness (QED) is 0.541. The van der Waals surface area contributed by atoms with E-state index in [4.69, 9.17) is 9.84 Å². The number of hydrogen-bond donors (Lipinski definition) is 1. The van der Waals surface area contributed by atoms with Crippen molar-refractivity contribution >= 4 is 11.9 Å². The molecule has 1 N–H and O–H groups in total. The summed E-state index contributed by atoms with van der Waals surface area (Å²) >= 11 is 0. The zero-order valence-corrected chi connectivity index (χ0v) is 8.69. The van der Waals surface area contributed by atoms with Gasteiger partial charge in [0.2, 0.25) is 0 Å². The van der Waals surface area contributed by atoms with Gasteiger partial charge in [0.1, 0.15) is 6.10 Å². The second kappa shape index (κ2) is 6.18. The van der Waals surface area contributed by atoms with Crippen molar-refractivity contribution in [3.05, 3.63) is 12.2 Å². The number of allylic oxidation sites excluding steroid dienone is 1. The van der Waals surface area contributed by atoms with Gasteiger partial charge in [0, 0.05) is 12.8 Å². The summed E-state index contributed by atoms with van der Waals surface area (Å²) in [5.41, 5.74) is 0. The van der Waals surface area contributed by atoms with Gasteiger partial charge in [-0.3, -0.25) is 9.59 Å². The van der Waals surface area contributed by atoms with E-state index in [2.05, 4.69) is 0 Å². The van der Waals surface area contributed by atoms with Crippen molar-refractivity contribution < 1.29 is 19.4 Å². The third-order valence-electron chi connectivity index (χ3n) is 1.74. The predicted octanol–water partition coefficient (Wildman–Crippen LogP) is 1.60. The van der Waals surface area contributed by atoms with Crippen LogP contribution in [0.15, 0.2) is 12.2 Å². The van der Waals surface area contributed by atoms with Crippen LogP contribution >= 0.6 is 0 Å². The highest BCUT2D eigenvalue weighted by atomic mass is 16.5. The van der Waals surface area contributed by atoms with Crippen molar-refractivity contribution in [3.63, 3.8) is 0 Å². The van der Waals surface area contributed by atoms with Crippen LogP contribution in [-0.4, -0.2) is 23.1 Å². The average Bonchev–Trinajstić information content (AvgIpc) is 2.01. The van der Waals surface area contributed by atoms with Crippen molar-refractivity contribution in [2.45, 2.75) is 33.3 Å². The lowest BCUT2D eigenvalue weighted by Crippen LogP contribution is -2.24. The fourth-order valence-electron chi connectivity index (χ4n) is 1.12. The minimum absolute atomic E-state index is 0.0116. The first kappa shape index (κ1) is 12.7. The summed E-state index contributed by atoms with van der Waals surface area (Å²) in [5, 5.41) is 8.57. The molecular weight excluding hydrogens is 184 g/mol. The van der Waals surface area contributed by atoms with Crippen molar-refractivity contribution in [1.29, 1.82) is 0 Å². The molecule has 0 aliphatic heterocycles. The van der Waals surface area contributed by atoms with E-state index in [1.807, 2.05) is 0 Å². The molecule has 0 aliphatic carbocycles. The molecule has 2 unspecified atom stereocenters. The Bertz CT molecular complexity index is 232. The minimum Gasteiger partial charge on any atom is -0.481 e. The number of carbonyl (C=O) groups is 2. The third-order valence-corrected chi connectivity index (χ3v) is 1.74. The highest BCUT2D eigenvalue weighted by Gasteiger charge is 2.19. The first-order valence-electron chi connectivity index (χ1n) is 4.49. The number of carbonyl (C=O) groups excluding carboxylic acids is 1. The third kappa shape index (κ3) is 5.35. The zero-order chi connectivity index (χ0) is 11.1. The van der Waals surface area contributed by atoms with Gasteiger partial charge in [-0.1, -0.05) is 13.0 Å². The van der Waals surface area contributed by atoms with Crippen molar-refractivity contribution in [3.8, 4) is 0 Å². The zero-order valence-electron chi connectivity index (χ0n) is 8.69. The number of esters is 1. The van der Waals surface area contributed by atoms with E-state index in [-0.39, 0.29) is 12.3 Å². The Morgan fingerprint density at radius 1 is 1.50 bits per heavy atom. The number of carboxylic acids is 1. The lowest BCUT2D eigenvalue weighted by atomic mass is 10.0. The fraction of sp³-hybridized carbons (Fsp3) is 0.600. The first-order chi connectivity index (χ1) is 6.47. The first-order valence-corrected chi connectivity index (χ1v) is 4.49. The summed E-state index contributed by atoms with van der Waals surface area (Å²) in [6, 6.07) is 0. The lowest BCUT2D eigenvalue weighted by molar-refractivity contribution is -0.149. The van der Waals surface area contributed by atoms with E-state index in [9.17, 15) is 9.59 Å². The van der Waals surface area contributed by atoms with E-state index in [1.54, 1.807) is 26.0 Å². The van der Waals surface area contributed by atoms with Gasteiger partial charge in [-0.2, -0.15) is 0 Å². The van der Waals surface area contributed by atoms with Crippen LogP contribution in [0.1, 0.15) is 27.2 Å². The van der Waals surface area contributed by atoms with Crippen LogP contribution in [0.5, 0.6) is 0 Å². The van der Waals surface area contributed by atoms with Gasteiger partial charge < -0.3 is 9.84 Å². The molecule has 0 radical (unpaired) electrons. The van der Waals surface area contributed by atoms with Crippen LogP contribution < -0.4 is 0 Å². The smallest absolute Gasteiger partial charge is 0.303 e. The van der Waals surface area contributed by atoms with Gasteiger partial charge in [0.15, 0.2) is 0 Å². The van der Waals surface area contributed by atoms with Crippen LogP contribution in [0, 0.1) is 5.92 Å². The Balaban J connectivity index is 4.31. The summed E-state index contributed by atoms with van der Waals surface area (Å²) in [5.74, 6) is -1.50. The normalized spacial score (nSPS) is 15.1. The number of ether oxygens (including phenoxy) is 1. The Morgan fingerprint density at radius 2 is 2.07 bits per heavy atom. The predicted molar refractivity (Wildman–Crippen MR) is 51.8 cm³/mol. The van der Waals surface area contributed by atoms with Gasteiger partial charge in [-0.15, -0.1) is 0 Å². The van der Waals surface area contributed by atoms with Crippen molar-refractivity contribution in [2.75, 3.05) is 0 Å². The van der Waals surface area contributed by atoms with E-state index in [0.29, 0.717) is 0 Å². The van der Waals surface area contributed by atoms with Gasteiger partial charge >= 0.3 is 11.9 Å². The van der Waals surface area contributed by atoms with Crippen molar-refractivity contribution in [2.24, 2.45) is 5.92 Å². The maximum atomic E-state index is 10.7. The largest absolute Gasteiger partial charge is 0.481 e. The van der Waals surface area contributed by atoms with Gasteiger partial charge in [-0.05, 0) is 13.0 Å². The minimum atomic E-state index is -0.890. The molecular formula is C10H16O4. The monoisotopic (exact) mass is 200 g/mol. The maximum absolute atomic E-state index is 10.7. The van der Waals surface area contributed by atoms with Crippen LogP contribution in [0.4, 0.5) is 0 Å². The Kier molecular flexibility index (Phi) is 5.60. The highest BCUT2D eigenvalue weighted by Crippen LogP contribution is 2.13. The highest BCUT2D eigenvalue weighted by molar-refractivity contribution is 5.68. The Labute approximate surface area is 83.6 Å². The summed E-state index contributed by atoms with van der Waals surface area (Å²) in [7, 11) is 0. The molecule has 4 nitrogen and oxygen atoms in total. The van der Waals surface area contributed by atoms with E-state index >= 15 is 0 Å². The molecule has 0 heterocycles. The Morgan fingerprint density at radius 3 is 2.43 bits per heavy atom. The molecule has 0 aromatic carbocycles. The number of rotatable bonds is 5. The molecule has 2 atom stereocenters. The SMILES string of the molecule is CC=CC(OC(C)=O)C(C)CC(=O)O. The van der Waals surface area contributed by atoms with Crippen LogP contribution in [0.2, 0.25) is 0 Å². The van der Waals surface area contributed by atoms with Crippen LogP contribution in [-0.2, 0) is 14.3 Å². The molecule has 0 bridgehead atoms. The molecule has 0 aromatic rings. The number of aliphatic carboxylic acids is 1. The summed E-state index contributed by atoms with van der Waals surface area (Å²) in [6.07, 6.45) is 2.97. The van der Waals surface area contributed by atoms with Crippen molar-refractivity contribution in [1.82, 2.24) is 0 Å². The van der Waals surface area contributed by atoms with Crippen LogP contribution in [0.25, 0.3) is 0 Å². The molecule has 0 aliphatic rings. The standard InChI is InChI=1S/C10H16O4/c1-4-5-9(14-8(3)11)7(2)6-10(12)13/h4-5,7,9H,6H2,1-3H3,(H,12,13). The molecule has 4 heteroatoms. The Hall–Kier alpha value is -1.32. The summed E-state index contributed by atoms with van der Waals surface area (Å²) in [6.45, 7) is 4.84. The molecule has 0 fully saturated rings. The van der Waals surface area contributed by atoms with E-state index in [0.717, 1.165) is 0 Å². The van der Waals surface area contributed by atoms with Gasteiger partial charge in [0.25, 0.3) is 0 Å². The summed E-state index contributed by atoms with van der Waals surface area (Å²) < 4.78 is 4.96. The molecule has 0 spiro atoms. The van der Waals surface area contributed by atoms with Crippen LogP contribution in [0.3, 0.4) is 0 Å². The lowest BCUT2D eigenvalue weighted by Gasteiger charge is -2.18. The average molecular weight is 200 g/mol.